The van der Waals surface area contributed by atoms with Crippen molar-refractivity contribution in [1.82, 2.24) is 0 Å². The zero-order chi connectivity index (χ0) is 10.3. The van der Waals surface area contributed by atoms with Crippen LogP contribution >= 0.6 is 0 Å². The standard InChI is InChI=1S/C12H18N2/c1-7-5-9-6-10(13)3-4-11(9)8(2)12(7)14/h5,10H,3-4,6,13-14H2,1-2H3/t10-/m1/s1. The first-order valence-corrected chi connectivity index (χ1v) is 5.22. The van der Waals surface area contributed by atoms with Crippen LogP contribution < -0.4 is 11.5 Å². The maximum absolute atomic E-state index is 6.01. The molecule has 0 fully saturated rings. The van der Waals surface area contributed by atoms with E-state index < -0.39 is 0 Å². The van der Waals surface area contributed by atoms with Gasteiger partial charge in [0.1, 0.15) is 0 Å². The molecule has 76 valence electrons. The van der Waals surface area contributed by atoms with E-state index in [0.29, 0.717) is 6.04 Å². The number of aryl methyl sites for hydroxylation is 1. The van der Waals surface area contributed by atoms with Gasteiger partial charge in [-0.3, -0.25) is 0 Å². The Hall–Kier alpha value is -1.02. The zero-order valence-corrected chi connectivity index (χ0v) is 8.93. The molecule has 0 spiro atoms. The van der Waals surface area contributed by atoms with Crippen molar-refractivity contribution in [2.75, 3.05) is 5.73 Å². The van der Waals surface area contributed by atoms with Gasteiger partial charge in [0.15, 0.2) is 0 Å². The summed E-state index contributed by atoms with van der Waals surface area (Å²) in [5, 5.41) is 0. The molecule has 14 heavy (non-hydrogen) atoms. The topological polar surface area (TPSA) is 52.0 Å². The third-order valence-corrected chi connectivity index (χ3v) is 3.31. The van der Waals surface area contributed by atoms with Crippen molar-refractivity contribution in [2.24, 2.45) is 5.73 Å². The molecule has 0 amide bonds. The van der Waals surface area contributed by atoms with Crippen molar-refractivity contribution in [1.29, 1.82) is 0 Å². The van der Waals surface area contributed by atoms with Gasteiger partial charge in [0.2, 0.25) is 0 Å². The molecule has 2 rings (SSSR count). The van der Waals surface area contributed by atoms with E-state index >= 15 is 0 Å². The average Bonchev–Trinajstić information content (AvgIpc) is 2.14. The summed E-state index contributed by atoms with van der Waals surface area (Å²) in [7, 11) is 0. The van der Waals surface area contributed by atoms with Crippen LogP contribution in [0.15, 0.2) is 6.07 Å². The van der Waals surface area contributed by atoms with Crippen molar-refractivity contribution in [3.8, 4) is 0 Å². The van der Waals surface area contributed by atoms with Crippen LogP contribution in [0.4, 0.5) is 5.69 Å². The number of benzene rings is 1. The Morgan fingerprint density at radius 2 is 2.07 bits per heavy atom. The minimum Gasteiger partial charge on any atom is -0.398 e. The Labute approximate surface area is 85.3 Å². The molecule has 1 aromatic carbocycles. The predicted octanol–water partition coefficient (Wildman–Crippen LogP) is 1.70. The van der Waals surface area contributed by atoms with Gasteiger partial charge in [0.25, 0.3) is 0 Å². The summed E-state index contributed by atoms with van der Waals surface area (Å²) in [6.45, 7) is 4.20. The Balaban J connectivity index is 2.54. The third-order valence-electron chi connectivity index (χ3n) is 3.31. The normalized spacial score (nSPS) is 20.6. The maximum atomic E-state index is 6.01. The van der Waals surface area contributed by atoms with Crippen molar-refractivity contribution in [3.63, 3.8) is 0 Å². The Morgan fingerprint density at radius 3 is 2.79 bits per heavy atom. The summed E-state index contributed by atoms with van der Waals surface area (Å²) in [5.41, 5.74) is 18.2. The van der Waals surface area contributed by atoms with Gasteiger partial charge in [-0.15, -0.1) is 0 Å². The molecule has 1 aliphatic carbocycles. The molecular weight excluding hydrogens is 172 g/mol. The second-order valence-corrected chi connectivity index (χ2v) is 4.37. The molecule has 0 saturated heterocycles. The molecule has 0 saturated carbocycles. The molecule has 1 aromatic rings. The predicted molar refractivity (Wildman–Crippen MR) is 60.3 cm³/mol. The van der Waals surface area contributed by atoms with E-state index in [2.05, 4.69) is 19.9 Å². The second kappa shape index (κ2) is 3.28. The molecule has 0 bridgehead atoms. The number of fused-ring (bicyclic) bond motifs is 1. The van der Waals surface area contributed by atoms with Gasteiger partial charge in [-0.2, -0.15) is 0 Å². The lowest BCUT2D eigenvalue weighted by Crippen LogP contribution is -2.28. The number of nitrogens with two attached hydrogens (primary N) is 2. The fraction of sp³-hybridized carbons (Fsp3) is 0.500. The van der Waals surface area contributed by atoms with Crippen LogP contribution in [-0.2, 0) is 12.8 Å². The van der Waals surface area contributed by atoms with E-state index in [1.54, 1.807) is 0 Å². The lowest BCUT2D eigenvalue weighted by Gasteiger charge is -2.24. The Bertz CT molecular complexity index is 369. The van der Waals surface area contributed by atoms with Crippen LogP contribution in [0.2, 0.25) is 0 Å². The molecule has 0 aliphatic heterocycles. The fourth-order valence-corrected chi connectivity index (χ4v) is 2.37. The van der Waals surface area contributed by atoms with E-state index in [1.807, 2.05) is 0 Å². The third kappa shape index (κ3) is 1.40. The molecule has 2 heteroatoms. The Morgan fingerprint density at radius 1 is 1.36 bits per heavy atom. The highest BCUT2D eigenvalue weighted by atomic mass is 14.6. The highest BCUT2D eigenvalue weighted by Crippen LogP contribution is 2.29. The van der Waals surface area contributed by atoms with E-state index in [0.717, 1.165) is 24.9 Å². The van der Waals surface area contributed by atoms with Crippen molar-refractivity contribution < 1.29 is 0 Å². The van der Waals surface area contributed by atoms with E-state index in [9.17, 15) is 0 Å². The lowest BCUT2D eigenvalue weighted by molar-refractivity contribution is 0.574. The molecule has 0 aromatic heterocycles. The van der Waals surface area contributed by atoms with Crippen LogP contribution in [0.25, 0.3) is 0 Å². The minimum absolute atomic E-state index is 0.338. The molecule has 1 atom stereocenters. The van der Waals surface area contributed by atoms with Crippen LogP contribution in [-0.4, -0.2) is 6.04 Å². The first-order chi connectivity index (χ1) is 6.59. The Kier molecular flexibility index (Phi) is 2.23. The summed E-state index contributed by atoms with van der Waals surface area (Å²) >= 11 is 0. The fourth-order valence-electron chi connectivity index (χ4n) is 2.37. The van der Waals surface area contributed by atoms with Crippen molar-refractivity contribution >= 4 is 5.69 Å². The molecule has 1 aliphatic rings. The lowest BCUT2D eigenvalue weighted by atomic mass is 9.84. The minimum atomic E-state index is 0.338. The summed E-state index contributed by atoms with van der Waals surface area (Å²) in [5.74, 6) is 0. The summed E-state index contributed by atoms with van der Waals surface area (Å²) in [4.78, 5) is 0. The molecule has 0 heterocycles. The number of rotatable bonds is 0. The maximum Gasteiger partial charge on any atom is 0.0376 e. The summed E-state index contributed by atoms with van der Waals surface area (Å²) in [6.07, 6.45) is 3.19. The van der Waals surface area contributed by atoms with E-state index in [1.165, 1.54) is 22.3 Å². The zero-order valence-electron chi connectivity index (χ0n) is 8.93. The highest BCUT2D eigenvalue weighted by molar-refractivity contribution is 5.59. The molecule has 0 radical (unpaired) electrons. The monoisotopic (exact) mass is 190 g/mol. The molecule has 2 nitrogen and oxygen atoms in total. The SMILES string of the molecule is Cc1cc2c(c(C)c1N)CC[C@@H](N)C2. The van der Waals surface area contributed by atoms with Gasteiger partial charge in [0, 0.05) is 11.7 Å². The summed E-state index contributed by atoms with van der Waals surface area (Å²) in [6, 6.07) is 2.54. The van der Waals surface area contributed by atoms with Gasteiger partial charge < -0.3 is 11.5 Å². The van der Waals surface area contributed by atoms with Gasteiger partial charge in [-0.1, -0.05) is 6.07 Å². The summed E-state index contributed by atoms with van der Waals surface area (Å²) < 4.78 is 0. The number of nitrogen functional groups attached to an aromatic ring is 1. The molecule has 4 N–H and O–H groups in total. The van der Waals surface area contributed by atoms with Gasteiger partial charge in [-0.25, -0.2) is 0 Å². The smallest absolute Gasteiger partial charge is 0.0376 e. The van der Waals surface area contributed by atoms with Gasteiger partial charge >= 0.3 is 0 Å². The van der Waals surface area contributed by atoms with E-state index in [4.69, 9.17) is 11.5 Å². The van der Waals surface area contributed by atoms with Gasteiger partial charge in [0.05, 0.1) is 0 Å². The quantitative estimate of drug-likeness (QED) is 0.612. The highest BCUT2D eigenvalue weighted by Gasteiger charge is 2.18. The van der Waals surface area contributed by atoms with Crippen LogP contribution in [0, 0.1) is 13.8 Å². The van der Waals surface area contributed by atoms with Crippen molar-refractivity contribution in [3.05, 3.63) is 28.3 Å². The van der Waals surface area contributed by atoms with Crippen LogP contribution in [0.3, 0.4) is 0 Å². The molecular formula is C12H18N2. The second-order valence-electron chi connectivity index (χ2n) is 4.37. The van der Waals surface area contributed by atoms with Crippen LogP contribution in [0.5, 0.6) is 0 Å². The molecule has 0 unspecified atom stereocenters. The first kappa shape index (κ1) is 9.53. The van der Waals surface area contributed by atoms with Gasteiger partial charge in [-0.05, 0) is 55.4 Å². The number of hydrogen-bond acceptors (Lipinski definition) is 2. The van der Waals surface area contributed by atoms with Crippen LogP contribution in [0.1, 0.15) is 28.7 Å². The number of hydrogen-bond donors (Lipinski definition) is 2. The largest absolute Gasteiger partial charge is 0.398 e. The van der Waals surface area contributed by atoms with Crippen molar-refractivity contribution in [2.45, 2.75) is 39.2 Å². The number of anilines is 1. The first-order valence-electron chi connectivity index (χ1n) is 5.22. The average molecular weight is 190 g/mol. The van der Waals surface area contributed by atoms with E-state index in [-0.39, 0.29) is 0 Å².